The van der Waals surface area contributed by atoms with Gasteiger partial charge in [-0.15, -0.1) is 0 Å². The molecule has 0 aromatic heterocycles. The van der Waals surface area contributed by atoms with Gasteiger partial charge in [0, 0.05) is 4.47 Å². The molecule has 2 aromatic rings. The average Bonchev–Trinajstić information content (AvgIpc) is 2.41. The van der Waals surface area contributed by atoms with E-state index in [1.54, 1.807) is 12.1 Å². The van der Waals surface area contributed by atoms with Crippen molar-refractivity contribution >= 4 is 37.8 Å². The van der Waals surface area contributed by atoms with E-state index in [0.717, 1.165) is 10.0 Å². The molecular formula is C15H12Br2O3. The molecule has 0 aliphatic rings. The molecule has 0 unspecified atom stereocenters. The fourth-order valence-electron chi connectivity index (χ4n) is 1.49. The van der Waals surface area contributed by atoms with E-state index >= 15 is 0 Å². The van der Waals surface area contributed by atoms with E-state index < -0.39 is 5.97 Å². The molecule has 0 atom stereocenters. The van der Waals surface area contributed by atoms with Crippen molar-refractivity contribution in [3.63, 3.8) is 0 Å². The Balaban J connectivity index is 1.90. The van der Waals surface area contributed by atoms with E-state index in [4.69, 9.17) is 9.47 Å². The maximum Gasteiger partial charge on any atom is 0.349 e. The molecule has 0 amide bonds. The Morgan fingerprint density at radius 2 is 1.80 bits per heavy atom. The number of hydrogen-bond donors (Lipinski definition) is 0. The number of hydrogen-bond acceptors (Lipinski definition) is 3. The third kappa shape index (κ3) is 4.35. The average molecular weight is 400 g/mol. The number of carbonyl (C=O) groups excluding carboxylic acids is 1. The number of esters is 1. The molecule has 2 aromatic carbocycles. The molecule has 0 bridgehead atoms. The zero-order chi connectivity index (χ0) is 14.5. The number of aryl methyl sites for hydroxylation is 1. The van der Waals surface area contributed by atoms with Gasteiger partial charge in [-0.05, 0) is 53.2 Å². The molecule has 0 saturated heterocycles. The van der Waals surface area contributed by atoms with Crippen LogP contribution in [0.15, 0.2) is 51.4 Å². The van der Waals surface area contributed by atoms with Crippen LogP contribution in [0.5, 0.6) is 11.5 Å². The van der Waals surface area contributed by atoms with Crippen molar-refractivity contribution in [3.8, 4) is 11.5 Å². The summed E-state index contributed by atoms with van der Waals surface area (Å²) < 4.78 is 12.2. The molecule has 3 nitrogen and oxygen atoms in total. The summed E-state index contributed by atoms with van der Waals surface area (Å²) in [4.78, 5) is 11.7. The Morgan fingerprint density at radius 1 is 1.10 bits per heavy atom. The van der Waals surface area contributed by atoms with E-state index in [-0.39, 0.29) is 6.61 Å². The minimum Gasteiger partial charge on any atom is -0.482 e. The first-order valence-corrected chi connectivity index (χ1v) is 7.48. The lowest BCUT2D eigenvalue weighted by molar-refractivity contribution is -0.136. The molecule has 5 heteroatoms. The summed E-state index contributed by atoms with van der Waals surface area (Å²) in [6.07, 6.45) is 0. The molecule has 0 N–H and O–H groups in total. The highest BCUT2D eigenvalue weighted by Gasteiger charge is 2.09. The van der Waals surface area contributed by atoms with Crippen molar-refractivity contribution in [3.05, 3.63) is 57.0 Å². The van der Waals surface area contributed by atoms with E-state index in [1.807, 2.05) is 37.3 Å². The summed E-state index contributed by atoms with van der Waals surface area (Å²) in [5, 5.41) is 0. The number of ether oxygens (including phenoxy) is 2. The van der Waals surface area contributed by atoms with Crippen molar-refractivity contribution in [1.82, 2.24) is 0 Å². The minimum atomic E-state index is -0.450. The molecule has 0 fully saturated rings. The highest BCUT2D eigenvalue weighted by Crippen LogP contribution is 2.28. The molecule has 20 heavy (non-hydrogen) atoms. The second-order valence-corrected chi connectivity index (χ2v) is 5.92. The van der Waals surface area contributed by atoms with Gasteiger partial charge in [0.25, 0.3) is 0 Å². The van der Waals surface area contributed by atoms with Crippen LogP contribution in [0.25, 0.3) is 0 Å². The normalized spacial score (nSPS) is 10.2. The van der Waals surface area contributed by atoms with Gasteiger partial charge < -0.3 is 9.47 Å². The van der Waals surface area contributed by atoms with Gasteiger partial charge in [0.05, 0.1) is 4.47 Å². The number of halogens is 2. The van der Waals surface area contributed by atoms with Crippen molar-refractivity contribution in [1.29, 1.82) is 0 Å². The third-order valence-electron chi connectivity index (χ3n) is 2.50. The van der Waals surface area contributed by atoms with Crippen LogP contribution in [0.1, 0.15) is 5.56 Å². The van der Waals surface area contributed by atoms with Crippen LogP contribution < -0.4 is 9.47 Å². The molecule has 0 radical (unpaired) electrons. The van der Waals surface area contributed by atoms with E-state index in [1.165, 1.54) is 0 Å². The lowest BCUT2D eigenvalue weighted by Gasteiger charge is -2.08. The van der Waals surface area contributed by atoms with Crippen LogP contribution in [0, 0.1) is 6.92 Å². The van der Waals surface area contributed by atoms with Gasteiger partial charge in [0.15, 0.2) is 6.61 Å². The smallest absolute Gasteiger partial charge is 0.349 e. The standard InChI is InChI=1S/C15H12Br2O3/c1-10-2-5-12(6-3-10)19-9-15(18)20-14-7-4-11(16)8-13(14)17/h2-8H,9H2,1H3. The highest BCUT2D eigenvalue weighted by molar-refractivity contribution is 9.11. The molecule has 2 rings (SSSR count). The van der Waals surface area contributed by atoms with E-state index in [9.17, 15) is 4.79 Å². The summed E-state index contributed by atoms with van der Waals surface area (Å²) >= 11 is 6.67. The van der Waals surface area contributed by atoms with Crippen LogP contribution in [0.4, 0.5) is 0 Å². The first-order valence-electron chi connectivity index (χ1n) is 5.90. The van der Waals surface area contributed by atoms with E-state index in [2.05, 4.69) is 31.9 Å². The second kappa shape index (κ2) is 6.90. The van der Waals surface area contributed by atoms with Crippen LogP contribution in [-0.4, -0.2) is 12.6 Å². The van der Waals surface area contributed by atoms with Gasteiger partial charge in [-0.25, -0.2) is 4.79 Å². The summed E-state index contributed by atoms with van der Waals surface area (Å²) in [5.41, 5.74) is 1.14. The maximum absolute atomic E-state index is 11.7. The summed E-state index contributed by atoms with van der Waals surface area (Å²) in [5.74, 6) is 0.654. The predicted octanol–water partition coefficient (Wildman–Crippen LogP) is 4.50. The van der Waals surface area contributed by atoms with Crippen molar-refractivity contribution in [2.75, 3.05) is 6.61 Å². The predicted molar refractivity (Wildman–Crippen MR) is 84.2 cm³/mol. The fourth-order valence-corrected chi connectivity index (χ4v) is 2.61. The number of carbonyl (C=O) groups is 1. The van der Waals surface area contributed by atoms with Crippen molar-refractivity contribution < 1.29 is 14.3 Å². The van der Waals surface area contributed by atoms with Gasteiger partial charge in [-0.2, -0.15) is 0 Å². The van der Waals surface area contributed by atoms with Crippen LogP contribution in [0.2, 0.25) is 0 Å². The zero-order valence-electron chi connectivity index (χ0n) is 10.7. The maximum atomic E-state index is 11.7. The van der Waals surface area contributed by atoms with Crippen molar-refractivity contribution in [2.24, 2.45) is 0 Å². The number of rotatable bonds is 4. The molecule has 0 saturated carbocycles. The highest BCUT2D eigenvalue weighted by atomic mass is 79.9. The van der Waals surface area contributed by atoms with Crippen LogP contribution in [-0.2, 0) is 4.79 Å². The van der Waals surface area contributed by atoms with Gasteiger partial charge in [0.1, 0.15) is 11.5 Å². The molecule has 0 spiro atoms. The Hall–Kier alpha value is -1.33. The largest absolute Gasteiger partial charge is 0.482 e. The van der Waals surface area contributed by atoms with Gasteiger partial charge >= 0.3 is 5.97 Å². The first kappa shape index (κ1) is 15.1. The van der Waals surface area contributed by atoms with Crippen LogP contribution >= 0.6 is 31.9 Å². The monoisotopic (exact) mass is 398 g/mol. The summed E-state index contributed by atoms with van der Waals surface area (Å²) in [7, 11) is 0. The Labute approximate surface area is 134 Å². The van der Waals surface area contributed by atoms with Gasteiger partial charge in [0.2, 0.25) is 0 Å². The minimum absolute atomic E-state index is 0.133. The Bertz CT molecular complexity index is 609. The fraction of sp³-hybridized carbons (Fsp3) is 0.133. The molecular weight excluding hydrogens is 388 g/mol. The van der Waals surface area contributed by atoms with Gasteiger partial charge in [-0.1, -0.05) is 33.6 Å². The molecule has 0 aliphatic heterocycles. The van der Waals surface area contributed by atoms with Crippen molar-refractivity contribution in [2.45, 2.75) is 6.92 Å². The summed E-state index contributed by atoms with van der Waals surface area (Å²) in [6.45, 7) is 1.86. The Kier molecular flexibility index (Phi) is 5.20. The van der Waals surface area contributed by atoms with Gasteiger partial charge in [-0.3, -0.25) is 0 Å². The lowest BCUT2D eigenvalue weighted by Crippen LogP contribution is -2.17. The summed E-state index contributed by atoms with van der Waals surface area (Å²) in [6, 6.07) is 12.8. The molecule has 0 aliphatic carbocycles. The molecule has 0 heterocycles. The third-order valence-corrected chi connectivity index (χ3v) is 3.61. The lowest BCUT2D eigenvalue weighted by atomic mass is 10.2. The van der Waals surface area contributed by atoms with Crippen LogP contribution in [0.3, 0.4) is 0 Å². The number of benzene rings is 2. The quantitative estimate of drug-likeness (QED) is 0.560. The topological polar surface area (TPSA) is 35.5 Å². The zero-order valence-corrected chi connectivity index (χ0v) is 13.9. The first-order chi connectivity index (χ1) is 9.54. The SMILES string of the molecule is Cc1ccc(OCC(=O)Oc2ccc(Br)cc2Br)cc1. The second-order valence-electron chi connectivity index (χ2n) is 4.15. The Morgan fingerprint density at radius 3 is 2.45 bits per heavy atom. The van der Waals surface area contributed by atoms with E-state index in [0.29, 0.717) is 16.0 Å². The molecule has 104 valence electrons.